The Morgan fingerprint density at radius 3 is 2.48 bits per heavy atom. The van der Waals surface area contributed by atoms with E-state index in [0.29, 0.717) is 10.7 Å². The van der Waals surface area contributed by atoms with E-state index in [1.165, 1.54) is 12.1 Å². The van der Waals surface area contributed by atoms with Crippen molar-refractivity contribution in [2.45, 2.75) is 26.4 Å². The minimum atomic E-state index is -4.50. The second-order valence-corrected chi connectivity index (χ2v) is 6.43. The van der Waals surface area contributed by atoms with Crippen LogP contribution in [0.3, 0.4) is 0 Å². The van der Waals surface area contributed by atoms with E-state index >= 15 is 0 Å². The molecule has 0 bridgehead atoms. The number of benzene rings is 2. The molecule has 8 heteroatoms. The summed E-state index contributed by atoms with van der Waals surface area (Å²) < 4.78 is 42.9. The van der Waals surface area contributed by atoms with E-state index in [2.05, 4.69) is 5.32 Å². The van der Waals surface area contributed by atoms with Gasteiger partial charge in [-0.1, -0.05) is 35.9 Å². The van der Waals surface area contributed by atoms with Gasteiger partial charge in [0.15, 0.2) is 6.61 Å². The molecule has 0 spiro atoms. The molecule has 4 nitrogen and oxygen atoms in total. The molecule has 2 rings (SSSR count). The van der Waals surface area contributed by atoms with E-state index in [4.69, 9.17) is 16.3 Å². The van der Waals surface area contributed by atoms with Crippen LogP contribution in [0.4, 0.5) is 18.9 Å². The molecule has 2 aromatic carbocycles. The van der Waals surface area contributed by atoms with Crippen LogP contribution in [0.2, 0.25) is 5.02 Å². The van der Waals surface area contributed by atoms with Crippen LogP contribution in [0.15, 0.2) is 36.4 Å². The third kappa shape index (κ3) is 5.99. The maximum absolute atomic E-state index is 12.7. The van der Waals surface area contributed by atoms with Gasteiger partial charge in [0.1, 0.15) is 0 Å². The molecule has 27 heavy (non-hydrogen) atoms. The van der Waals surface area contributed by atoms with Crippen molar-refractivity contribution in [1.29, 1.82) is 0 Å². The Kier molecular flexibility index (Phi) is 6.49. The van der Waals surface area contributed by atoms with Gasteiger partial charge < -0.3 is 10.1 Å². The average molecular weight is 400 g/mol. The monoisotopic (exact) mass is 399 g/mol. The molecule has 0 saturated heterocycles. The highest BCUT2D eigenvalue weighted by molar-refractivity contribution is 6.34. The fourth-order valence-electron chi connectivity index (χ4n) is 2.47. The number of halogens is 4. The molecule has 0 atom stereocenters. The largest absolute Gasteiger partial charge is 0.455 e. The highest BCUT2D eigenvalue weighted by Crippen LogP contribution is 2.30. The number of nitrogens with one attached hydrogen (secondary N) is 1. The lowest BCUT2D eigenvalue weighted by atomic mass is 10.1. The highest BCUT2D eigenvalue weighted by atomic mass is 35.5. The number of alkyl halides is 3. The van der Waals surface area contributed by atoms with Crippen LogP contribution in [0.25, 0.3) is 0 Å². The fourth-order valence-corrected chi connectivity index (χ4v) is 2.84. The van der Waals surface area contributed by atoms with Crippen molar-refractivity contribution < 1.29 is 27.5 Å². The minimum Gasteiger partial charge on any atom is -0.455 e. The van der Waals surface area contributed by atoms with Gasteiger partial charge >= 0.3 is 12.1 Å². The number of hydrogen-bond donors (Lipinski definition) is 1. The van der Waals surface area contributed by atoms with Crippen LogP contribution in [0.1, 0.15) is 22.3 Å². The lowest BCUT2D eigenvalue weighted by Crippen LogP contribution is -2.22. The Morgan fingerprint density at radius 1 is 1.15 bits per heavy atom. The SMILES string of the molecule is Cc1cc(C)c(NC(=O)COC(=O)Cc2cccc(C(F)(F)F)c2)c(Cl)c1. The summed E-state index contributed by atoms with van der Waals surface area (Å²) in [5, 5.41) is 2.91. The van der Waals surface area contributed by atoms with Gasteiger partial charge in [0, 0.05) is 0 Å². The van der Waals surface area contributed by atoms with Crippen LogP contribution in [-0.4, -0.2) is 18.5 Å². The summed E-state index contributed by atoms with van der Waals surface area (Å²) in [6.45, 7) is 3.07. The van der Waals surface area contributed by atoms with Crippen molar-refractivity contribution >= 4 is 29.2 Å². The van der Waals surface area contributed by atoms with Crippen molar-refractivity contribution in [3.63, 3.8) is 0 Å². The number of carbonyl (C=O) groups is 2. The lowest BCUT2D eigenvalue weighted by molar-refractivity contribution is -0.146. The normalized spacial score (nSPS) is 11.2. The summed E-state index contributed by atoms with van der Waals surface area (Å²) in [5.41, 5.74) is 1.40. The van der Waals surface area contributed by atoms with E-state index in [1.54, 1.807) is 13.0 Å². The van der Waals surface area contributed by atoms with E-state index in [-0.39, 0.29) is 12.0 Å². The second-order valence-electron chi connectivity index (χ2n) is 6.02. The van der Waals surface area contributed by atoms with Crippen molar-refractivity contribution in [3.8, 4) is 0 Å². The van der Waals surface area contributed by atoms with E-state index in [9.17, 15) is 22.8 Å². The molecule has 0 fully saturated rings. The molecule has 0 unspecified atom stereocenters. The van der Waals surface area contributed by atoms with E-state index in [1.807, 2.05) is 13.0 Å². The summed E-state index contributed by atoms with van der Waals surface area (Å²) in [7, 11) is 0. The van der Waals surface area contributed by atoms with Gasteiger partial charge in [-0.05, 0) is 42.7 Å². The zero-order chi connectivity index (χ0) is 20.2. The predicted octanol–water partition coefficient (Wildman–Crippen LogP) is 4.70. The molecule has 2 aromatic rings. The van der Waals surface area contributed by atoms with Crippen molar-refractivity contribution in [1.82, 2.24) is 0 Å². The summed E-state index contributed by atoms with van der Waals surface area (Å²) in [5.74, 6) is -1.41. The van der Waals surface area contributed by atoms with Crippen LogP contribution >= 0.6 is 11.6 Å². The van der Waals surface area contributed by atoms with Gasteiger partial charge in [0.25, 0.3) is 5.91 Å². The minimum absolute atomic E-state index is 0.146. The molecule has 1 N–H and O–H groups in total. The molecule has 0 aliphatic heterocycles. The number of esters is 1. The quantitative estimate of drug-likeness (QED) is 0.741. The molecule has 0 heterocycles. The molecule has 144 valence electrons. The highest BCUT2D eigenvalue weighted by Gasteiger charge is 2.30. The first-order valence-electron chi connectivity index (χ1n) is 7.94. The Bertz CT molecular complexity index is 843. The van der Waals surface area contributed by atoms with E-state index in [0.717, 1.165) is 23.3 Å². The zero-order valence-electron chi connectivity index (χ0n) is 14.6. The van der Waals surface area contributed by atoms with Crippen molar-refractivity contribution in [2.75, 3.05) is 11.9 Å². The topological polar surface area (TPSA) is 55.4 Å². The molecule has 0 aliphatic rings. The number of amides is 1. The first-order valence-corrected chi connectivity index (χ1v) is 8.32. The Balaban J connectivity index is 1.92. The first-order chi connectivity index (χ1) is 12.6. The van der Waals surface area contributed by atoms with Gasteiger partial charge in [-0.2, -0.15) is 13.2 Å². The van der Waals surface area contributed by atoms with Crippen LogP contribution < -0.4 is 5.32 Å². The zero-order valence-corrected chi connectivity index (χ0v) is 15.4. The van der Waals surface area contributed by atoms with Gasteiger partial charge in [-0.25, -0.2) is 0 Å². The number of aryl methyl sites for hydroxylation is 2. The number of ether oxygens (including phenoxy) is 1. The summed E-state index contributed by atoms with van der Waals surface area (Å²) >= 11 is 6.09. The number of carbonyl (C=O) groups excluding carboxylic acids is 2. The lowest BCUT2D eigenvalue weighted by Gasteiger charge is -2.12. The average Bonchev–Trinajstić information content (AvgIpc) is 2.56. The van der Waals surface area contributed by atoms with Gasteiger partial charge in [0.05, 0.1) is 22.7 Å². The van der Waals surface area contributed by atoms with Crippen molar-refractivity contribution in [2.24, 2.45) is 0 Å². The molecule has 0 aliphatic carbocycles. The second kappa shape index (κ2) is 8.43. The third-order valence-corrected chi connectivity index (χ3v) is 3.96. The smallest absolute Gasteiger partial charge is 0.416 e. The number of anilines is 1. The third-order valence-electron chi connectivity index (χ3n) is 3.66. The molecule has 0 radical (unpaired) electrons. The Hall–Kier alpha value is -2.54. The molecular weight excluding hydrogens is 383 g/mol. The molecular formula is C19H17ClF3NO3. The number of hydrogen-bond acceptors (Lipinski definition) is 3. The van der Waals surface area contributed by atoms with Crippen molar-refractivity contribution in [3.05, 3.63) is 63.7 Å². The standard InChI is InChI=1S/C19H17ClF3NO3/c1-11-6-12(2)18(15(20)7-11)24-16(25)10-27-17(26)9-13-4-3-5-14(8-13)19(21,22)23/h3-8H,9-10H2,1-2H3,(H,24,25). The van der Waals surface area contributed by atoms with Gasteiger partial charge in [-0.3, -0.25) is 9.59 Å². The Labute approximate surface area is 159 Å². The summed E-state index contributed by atoms with van der Waals surface area (Å²) in [6.07, 6.45) is -4.87. The summed E-state index contributed by atoms with van der Waals surface area (Å²) in [4.78, 5) is 23.7. The van der Waals surface area contributed by atoms with E-state index < -0.39 is 30.2 Å². The fraction of sp³-hybridized carbons (Fsp3) is 0.263. The van der Waals surface area contributed by atoms with Crippen LogP contribution in [0.5, 0.6) is 0 Å². The van der Waals surface area contributed by atoms with Crippen LogP contribution in [0, 0.1) is 13.8 Å². The van der Waals surface area contributed by atoms with Crippen LogP contribution in [-0.2, 0) is 26.9 Å². The van der Waals surface area contributed by atoms with Gasteiger partial charge in [0.2, 0.25) is 0 Å². The number of rotatable bonds is 5. The maximum Gasteiger partial charge on any atom is 0.416 e. The first kappa shape index (κ1) is 20.8. The Morgan fingerprint density at radius 2 is 1.85 bits per heavy atom. The summed E-state index contributed by atoms with van der Waals surface area (Å²) in [6, 6.07) is 7.89. The predicted molar refractivity (Wildman–Crippen MR) is 95.7 cm³/mol. The van der Waals surface area contributed by atoms with Gasteiger partial charge in [-0.15, -0.1) is 0 Å². The maximum atomic E-state index is 12.7. The molecule has 1 amide bonds. The molecule has 0 saturated carbocycles. The molecule has 0 aromatic heterocycles.